The number of carbonyl (C=O) groups excluding carboxylic acids is 5. The zero-order chi connectivity index (χ0) is 50.1. The number of hydrogen-bond acceptors (Lipinski definition) is 13. The zero-order valence-corrected chi connectivity index (χ0v) is 40.1. The number of imide groups is 1. The van der Waals surface area contributed by atoms with Crippen molar-refractivity contribution in [1.82, 2.24) is 44.8 Å². The van der Waals surface area contributed by atoms with E-state index in [1.54, 1.807) is 21.8 Å². The maximum Gasteiger partial charge on any atom is 0.255 e. The molecule has 5 aliphatic heterocycles. The highest BCUT2D eigenvalue weighted by molar-refractivity contribution is 6.05. The molecule has 0 saturated carbocycles. The highest BCUT2D eigenvalue weighted by Crippen LogP contribution is 2.34. The molecule has 18 nitrogen and oxygen atoms in total. The van der Waals surface area contributed by atoms with E-state index in [4.69, 9.17) is 9.72 Å². The van der Waals surface area contributed by atoms with Crippen LogP contribution in [-0.2, 0) is 20.9 Å². The number of nitriles is 1. The van der Waals surface area contributed by atoms with Gasteiger partial charge in [0.1, 0.15) is 35.3 Å². The summed E-state index contributed by atoms with van der Waals surface area (Å²) in [7, 11) is 0. The number of ether oxygens (including phenoxy) is 1. The summed E-state index contributed by atoms with van der Waals surface area (Å²) in [4.78, 5) is 82.1. The molecule has 5 aliphatic rings. The number of halogens is 2. The molecule has 3 aromatic heterocycles. The van der Waals surface area contributed by atoms with Crippen LogP contribution in [0.4, 0.5) is 20.3 Å². The molecule has 2 aromatic carbocycles. The van der Waals surface area contributed by atoms with Gasteiger partial charge in [-0.1, -0.05) is 6.07 Å². The van der Waals surface area contributed by atoms with Crippen LogP contribution in [0.1, 0.15) is 70.9 Å². The normalized spacial score (nSPS) is 19.6. The summed E-state index contributed by atoms with van der Waals surface area (Å²) < 4.78 is 36.6. The Hall–Kier alpha value is -7.50. The lowest BCUT2D eigenvalue weighted by molar-refractivity contribution is -0.137. The average Bonchev–Trinajstić information content (AvgIpc) is 3.96. The number of fused-ring (bicyclic) bond motifs is 2. The van der Waals surface area contributed by atoms with Crippen molar-refractivity contribution in [1.29, 1.82) is 5.26 Å². The Morgan fingerprint density at radius 2 is 1.67 bits per heavy atom. The number of piperazine rings is 2. The minimum atomic E-state index is -0.806. The fraction of sp³-hybridized carbons (Fsp3) is 0.423. The van der Waals surface area contributed by atoms with Crippen LogP contribution >= 0.6 is 0 Å². The van der Waals surface area contributed by atoms with E-state index in [0.29, 0.717) is 114 Å². The summed E-state index contributed by atoms with van der Waals surface area (Å²) in [6, 6.07) is 16.0. The molecule has 0 bridgehead atoms. The standard InChI is InChI=1S/C52H56F2N12O6/c1-2-72-39-27-40(48-36(28-55)30-57-66(48)32-39)34-4-9-45(56-29-34)63-15-12-52(13-16-63,59-49(69)42-25-37(53)5-7-43(42)54)33-61-19-23-64(24-20-61)47(68)11-14-60-17-21-62(22-18-60)38-6-3-35-31-65(51(71)41(35)26-38)44-8-10-46(67)58-50(44)70/h3-7,9,25-27,29-30,32,44H,2,8,10-24,31,33H2,1H3,(H,59,69)(H,58,67,70). The van der Waals surface area contributed by atoms with Crippen LogP contribution in [0.25, 0.3) is 16.6 Å². The van der Waals surface area contributed by atoms with E-state index in [0.717, 1.165) is 72.6 Å². The minimum absolute atomic E-state index is 0.0771. The third kappa shape index (κ3) is 9.90. The van der Waals surface area contributed by atoms with E-state index in [-0.39, 0.29) is 29.7 Å². The number of carbonyl (C=O) groups is 5. The Morgan fingerprint density at radius 1 is 0.889 bits per heavy atom. The summed E-state index contributed by atoms with van der Waals surface area (Å²) in [5, 5.41) is 19.6. The maximum absolute atomic E-state index is 14.9. The highest BCUT2D eigenvalue weighted by atomic mass is 19.1. The Morgan fingerprint density at radius 3 is 2.39 bits per heavy atom. The smallest absolute Gasteiger partial charge is 0.255 e. The molecule has 10 rings (SSSR count). The highest BCUT2D eigenvalue weighted by Gasteiger charge is 2.41. The monoisotopic (exact) mass is 982 g/mol. The summed E-state index contributed by atoms with van der Waals surface area (Å²) in [6.07, 6.45) is 6.92. The van der Waals surface area contributed by atoms with E-state index in [1.807, 2.05) is 48.2 Å². The van der Waals surface area contributed by atoms with Gasteiger partial charge in [-0.15, -0.1) is 0 Å². The van der Waals surface area contributed by atoms with Crippen LogP contribution in [0, 0.1) is 23.0 Å². The van der Waals surface area contributed by atoms with E-state index in [2.05, 4.69) is 41.4 Å². The fourth-order valence-electron chi connectivity index (χ4n) is 10.8. The van der Waals surface area contributed by atoms with Gasteiger partial charge in [0.25, 0.3) is 11.8 Å². The van der Waals surface area contributed by atoms with E-state index < -0.39 is 35.0 Å². The van der Waals surface area contributed by atoms with Crippen LogP contribution < -0.4 is 25.2 Å². The molecule has 5 amide bonds. The van der Waals surface area contributed by atoms with Crippen LogP contribution in [0.5, 0.6) is 5.75 Å². The Balaban J connectivity index is 0.730. The SMILES string of the molecule is CCOc1cc(-c2ccc(N3CCC(CN4CCN(C(=O)CCN5CCN(c6ccc7c(c6)C(=O)N(C6CCC(=O)NC6=O)C7)CC5)CC4)(NC(=O)c4cc(F)ccc4F)CC3)nc2)c2c(C#N)cnn2c1. The number of pyridine rings is 2. The zero-order valence-electron chi connectivity index (χ0n) is 40.1. The van der Waals surface area contributed by atoms with Crippen molar-refractivity contribution < 1.29 is 37.5 Å². The quantitative estimate of drug-likeness (QED) is 0.162. The third-order valence-electron chi connectivity index (χ3n) is 14.8. The molecule has 0 spiro atoms. The van der Waals surface area contributed by atoms with Crippen molar-refractivity contribution in [2.75, 3.05) is 94.9 Å². The molecule has 20 heteroatoms. The van der Waals surface area contributed by atoms with Gasteiger partial charge in [0.15, 0.2) is 0 Å². The summed E-state index contributed by atoms with van der Waals surface area (Å²) >= 11 is 0. The number of piperidine rings is 2. The van der Waals surface area contributed by atoms with Gasteiger partial charge in [-0.2, -0.15) is 10.4 Å². The van der Waals surface area contributed by atoms with Crippen LogP contribution in [0.3, 0.4) is 0 Å². The second-order valence-electron chi connectivity index (χ2n) is 19.2. The molecular weight excluding hydrogens is 927 g/mol. The second-order valence-corrected chi connectivity index (χ2v) is 19.2. The van der Waals surface area contributed by atoms with Crippen molar-refractivity contribution in [2.45, 2.75) is 57.2 Å². The summed E-state index contributed by atoms with van der Waals surface area (Å²) in [6.45, 7) is 9.98. The van der Waals surface area contributed by atoms with Crippen molar-refractivity contribution in [3.63, 3.8) is 0 Å². The molecule has 2 N–H and O–H groups in total. The number of benzene rings is 2. The number of nitrogens with zero attached hydrogens (tertiary/aromatic N) is 10. The first kappa shape index (κ1) is 48.1. The minimum Gasteiger partial charge on any atom is -0.492 e. The number of aromatic nitrogens is 3. The van der Waals surface area contributed by atoms with Gasteiger partial charge in [0.2, 0.25) is 17.7 Å². The van der Waals surface area contributed by atoms with Crippen LogP contribution in [0.15, 0.2) is 73.2 Å². The molecule has 0 aliphatic carbocycles. The molecular formula is C52H56F2N12O6. The molecule has 4 saturated heterocycles. The van der Waals surface area contributed by atoms with Gasteiger partial charge < -0.3 is 29.7 Å². The molecule has 5 aromatic rings. The molecule has 374 valence electrons. The number of rotatable bonds is 13. The van der Waals surface area contributed by atoms with E-state index in [9.17, 15) is 38.0 Å². The van der Waals surface area contributed by atoms with Gasteiger partial charge in [-0.25, -0.2) is 18.3 Å². The molecule has 0 radical (unpaired) electrons. The van der Waals surface area contributed by atoms with Gasteiger partial charge in [0, 0.05) is 126 Å². The van der Waals surface area contributed by atoms with Crippen LogP contribution in [-0.4, -0.2) is 160 Å². The predicted octanol–water partition coefficient (Wildman–Crippen LogP) is 3.83. The van der Waals surface area contributed by atoms with Crippen molar-refractivity contribution in [3.05, 3.63) is 107 Å². The fourth-order valence-corrected chi connectivity index (χ4v) is 10.8. The maximum atomic E-state index is 14.9. The Labute approximate surface area is 415 Å². The molecule has 4 fully saturated rings. The van der Waals surface area contributed by atoms with Crippen LogP contribution in [0.2, 0.25) is 0 Å². The van der Waals surface area contributed by atoms with Gasteiger partial charge in [-0.05, 0) is 80.3 Å². The van der Waals surface area contributed by atoms with Gasteiger partial charge >= 0.3 is 0 Å². The van der Waals surface area contributed by atoms with Gasteiger partial charge in [0.05, 0.1) is 41.2 Å². The van der Waals surface area contributed by atoms with Crippen molar-refractivity contribution in [2.24, 2.45) is 0 Å². The molecule has 1 unspecified atom stereocenters. The largest absolute Gasteiger partial charge is 0.492 e. The van der Waals surface area contributed by atoms with E-state index >= 15 is 0 Å². The average molecular weight is 983 g/mol. The number of nitrogens with one attached hydrogen (secondary N) is 2. The molecule has 1 atom stereocenters. The Kier molecular flexibility index (Phi) is 13.6. The Bertz CT molecular complexity index is 2950. The molecule has 8 heterocycles. The first-order chi connectivity index (χ1) is 34.9. The number of anilines is 2. The first-order valence-corrected chi connectivity index (χ1v) is 24.7. The summed E-state index contributed by atoms with van der Waals surface area (Å²) in [5.41, 5.74) is 3.87. The third-order valence-corrected chi connectivity index (χ3v) is 14.8. The van der Waals surface area contributed by atoms with E-state index in [1.165, 1.54) is 6.20 Å². The van der Waals surface area contributed by atoms with Crippen molar-refractivity contribution >= 4 is 46.6 Å². The first-order valence-electron chi connectivity index (χ1n) is 24.7. The van der Waals surface area contributed by atoms with Gasteiger partial charge in [-0.3, -0.25) is 39.1 Å². The lowest BCUT2D eigenvalue weighted by atomic mass is 9.86. The second kappa shape index (κ2) is 20.3. The lowest BCUT2D eigenvalue weighted by Crippen LogP contribution is -2.62. The predicted molar refractivity (Wildman–Crippen MR) is 261 cm³/mol. The summed E-state index contributed by atoms with van der Waals surface area (Å²) in [5.74, 6) is -1.72. The topological polar surface area (TPSA) is 192 Å². The molecule has 72 heavy (non-hydrogen) atoms. The lowest BCUT2D eigenvalue weighted by Gasteiger charge is -2.46. The van der Waals surface area contributed by atoms with Crippen molar-refractivity contribution in [3.8, 4) is 22.9 Å². The number of amides is 5. The number of hydrogen-bond donors (Lipinski definition) is 2.